The van der Waals surface area contributed by atoms with Crippen LogP contribution in [0, 0.1) is 6.92 Å². The van der Waals surface area contributed by atoms with E-state index in [-0.39, 0.29) is 11.9 Å². The van der Waals surface area contributed by atoms with Crippen LogP contribution in [0.3, 0.4) is 0 Å². The molecule has 1 N–H and O–H groups in total. The number of nitrogens with one attached hydrogen (secondary N) is 1. The molecule has 1 atom stereocenters. The molecule has 116 valence electrons. The summed E-state index contributed by atoms with van der Waals surface area (Å²) in [7, 11) is 0. The Bertz CT molecular complexity index is 814. The van der Waals surface area contributed by atoms with Crippen molar-refractivity contribution in [2.45, 2.75) is 19.9 Å². The summed E-state index contributed by atoms with van der Waals surface area (Å²) in [6.45, 7) is 3.99. The van der Waals surface area contributed by atoms with Gasteiger partial charge in [0.1, 0.15) is 5.52 Å². The maximum atomic E-state index is 12.0. The average Bonchev–Trinajstić information content (AvgIpc) is 2.96. The highest BCUT2D eigenvalue weighted by molar-refractivity contribution is 5.91. The Labute approximate surface area is 134 Å². The minimum Gasteiger partial charge on any atom is -0.437 e. The average molecular weight is 306 g/mol. The van der Waals surface area contributed by atoms with Crippen molar-refractivity contribution in [1.82, 2.24) is 10.3 Å². The molecule has 1 aromatic heterocycles. The van der Waals surface area contributed by atoms with Gasteiger partial charge in [-0.1, -0.05) is 42.0 Å². The summed E-state index contributed by atoms with van der Waals surface area (Å²) < 4.78 is 5.54. The van der Waals surface area contributed by atoms with Crippen LogP contribution in [0.25, 0.3) is 17.2 Å². The van der Waals surface area contributed by atoms with E-state index in [1.165, 1.54) is 11.6 Å². The highest BCUT2D eigenvalue weighted by atomic mass is 16.3. The third-order valence-electron chi connectivity index (χ3n) is 3.62. The number of carbonyl (C=O) groups is 1. The molecule has 1 heterocycles. The van der Waals surface area contributed by atoms with Crippen LogP contribution in [-0.4, -0.2) is 10.9 Å². The second-order valence-electron chi connectivity index (χ2n) is 5.49. The van der Waals surface area contributed by atoms with Crippen LogP contribution in [0.4, 0.5) is 0 Å². The highest BCUT2D eigenvalue weighted by Crippen LogP contribution is 2.16. The summed E-state index contributed by atoms with van der Waals surface area (Å²) in [5.41, 5.74) is 3.75. The van der Waals surface area contributed by atoms with Crippen LogP contribution in [0.5, 0.6) is 0 Å². The standard InChI is InChI=1S/C19H18N2O2/c1-13-7-9-15(10-8-13)14(2)20-18(22)11-12-19-21-16-5-3-4-6-17(16)23-19/h3-12,14H,1-2H3,(H,20,22)/b12-11+. The molecule has 0 fully saturated rings. The van der Waals surface area contributed by atoms with E-state index in [0.717, 1.165) is 11.1 Å². The molecule has 3 aromatic rings. The Balaban J connectivity index is 1.65. The van der Waals surface area contributed by atoms with Gasteiger partial charge in [-0.15, -0.1) is 0 Å². The number of oxazole rings is 1. The molecule has 4 heteroatoms. The van der Waals surface area contributed by atoms with Crippen LogP contribution in [0.2, 0.25) is 0 Å². The normalized spacial score (nSPS) is 12.6. The lowest BCUT2D eigenvalue weighted by Gasteiger charge is -2.12. The van der Waals surface area contributed by atoms with Gasteiger partial charge >= 0.3 is 0 Å². The minimum atomic E-state index is -0.180. The zero-order valence-corrected chi connectivity index (χ0v) is 13.1. The molecule has 2 aromatic carbocycles. The molecule has 1 amide bonds. The Morgan fingerprint density at radius 2 is 1.91 bits per heavy atom. The Morgan fingerprint density at radius 3 is 2.65 bits per heavy atom. The van der Waals surface area contributed by atoms with E-state index in [2.05, 4.69) is 10.3 Å². The number of aryl methyl sites for hydroxylation is 1. The number of benzene rings is 2. The Morgan fingerprint density at radius 1 is 1.17 bits per heavy atom. The summed E-state index contributed by atoms with van der Waals surface area (Å²) in [5, 5.41) is 2.92. The molecule has 0 aliphatic heterocycles. The number of amides is 1. The van der Waals surface area contributed by atoms with E-state index in [9.17, 15) is 4.79 Å². The molecular formula is C19H18N2O2. The number of carbonyl (C=O) groups excluding carboxylic acids is 1. The number of para-hydroxylation sites is 2. The lowest BCUT2D eigenvalue weighted by molar-refractivity contribution is -0.117. The van der Waals surface area contributed by atoms with Crippen molar-refractivity contribution in [2.24, 2.45) is 0 Å². The largest absolute Gasteiger partial charge is 0.437 e. The number of nitrogens with zero attached hydrogens (tertiary/aromatic N) is 1. The first-order chi connectivity index (χ1) is 11.1. The highest BCUT2D eigenvalue weighted by Gasteiger charge is 2.08. The van der Waals surface area contributed by atoms with Crippen molar-refractivity contribution in [3.05, 3.63) is 71.6 Å². The Hall–Kier alpha value is -2.88. The molecule has 23 heavy (non-hydrogen) atoms. The van der Waals surface area contributed by atoms with Crippen molar-refractivity contribution in [1.29, 1.82) is 0 Å². The van der Waals surface area contributed by atoms with E-state index in [4.69, 9.17) is 4.42 Å². The minimum absolute atomic E-state index is 0.0589. The van der Waals surface area contributed by atoms with Gasteiger partial charge in [0.15, 0.2) is 5.58 Å². The van der Waals surface area contributed by atoms with E-state index in [1.807, 2.05) is 62.4 Å². The molecule has 0 radical (unpaired) electrons. The third kappa shape index (κ3) is 3.66. The molecule has 0 saturated heterocycles. The first kappa shape index (κ1) is 15.0. The van der Waals surface area contributed by atoms with Crippen LogP contribution in [0.15, 0.2) is 59.0 Å². The fraction of sp³-hybridized carbons (Fsp3) is 0.158. The van der Waals surface area contributed by atoms with E-state index in [0.29, 0.717) is 11.5 Å². The number of aromatic nitrogens is 1. The molecule has 0 spiro atoms. The Kier molecular flexibility index (Phi) is 4.24. The number of rotatable bonds is 4. The molecule has 1 unspecified atom stereocenters. The van der Waals surface area contributed by atoms with Crippen LogP contribution < -0.4 is 5.32 Å². The van der Waals surface area contributed by atoms with Gasteiger partial charge in [0, 0.05) is 12.2 Å². The maximum absolute atomic E-state index is 12.0. The summed E-state index contributed by atoms with van der Waals surface area (Å²) in [4.78, 5) is 16.3. The molecule has 4 nitrogen and oxygen atoms in total. The maximum Gasteiger partial charge on any atom is 0.244 e. The van der Waals surface area contributed by atoms with Crippen LogP contribution in [-0.2, 0) is 4.79 Å². The van der Waals surface area contributed by atoms with Crippen LogP contribution in [0.1, 0.15) is 30.0 Å². The molecule has 0 saturated carbocycles. The van der Waals surface area contributed by atoms with Crippen LogP contribution >= 0.6 is 0 Å². The lowest BCUT2D eigenvalue weighted by Crippen LogP contribution is -2.24. The molecule has 0 bridgehead atoms. The monoisotopic (exact) mass is 306 g/mol. The number of hydrogen-bond donors (Lipinski definition) is 1. The van der Waals surface area contributed by atoms with Gasteiger partial charge in [-0.2, -0.15) is 0 Å². The van der Waals surface area contributed by atoms with Crippen molar-refractivity contribution in [2.75, 3.05) is 0 Å². The van der Waals surface area contributed by atoms with Crippen molar-refractivity contribution >= 4 is 23.1 Å². The third-order valence-corrected chi connectivity index (χ3v) is 3.62. The molecule has 3 rings (SSSR count). The van der Waals surface area contributed by atoms with E-state index < -0.39 is 0 Å². The number of fused-ring (bicyclic) bond motifs is 1. The summed E-state index contributed by atoms with van der Waals surface area (Å²) in [6, 6.07) is 15.5. The second kappa shape index (κ2) is 6.48. The van der Waals surface area contributed by atoms with Gasteiger partial charge < -0.3 is 9.73 Å². The molecule has 0 aliphatic carbocycles. The lowest BCUT2D eigenvalue weighted by atomic mass is 10.1. The van der Waals surface area contributed by atoms with Gasteiger partial charge in [0.25, 0.3) is 0 Å². The SMILES string of the molecule is Cc1ccc(C(C)NC(=O)/C=C/c2nc3ccccc3o2)cc1. The predicted octanol–water partition coefficient (Wildman–Crippen LogP) is 4.03. The molecule has 0 aliphatic rings. The fourth-order valence-corrected chi connectivity index (χ4v) is 2.31. The van der Waals surface area contributed by atoms with E-state index >= 15 is 0 Å². The smallest absolute Gasteiger partial charge is 0.244 e. The molecular weight excluding hydrogens is 288 g/mol. The second-order valence-corrected chi connectivity index (χ2v) is 5.49. The van der Waals surface area contributed by atoms with Crippen molar-refractivity contribution < 1.29 is 9.21 Å². The fourth-order valence-electron chi connectivity index (χ4n) is 2.31. The predicted molar refractivity (Wildman–Crippen MR) is 90.8 cm³/mol. The van der Waals surface area contributed by atoms with E-state index in [1.54, 1.807) is 6.08 Å². The number of hydrogen-bond acceptors (Lipinski definition) is 3. The van der Waals surface area contributed by atoms with Gasteiger partial charge in [-0.3, -0.25) is 4.79 Å². The topological polar surface area (TPSA) is 55.1 Å². The summed E-state index contributed by atoms with van der Waals surface area (Å²) in [5.74, 6) is 0.240. The summed E-state index contributed by atoms with van der Waals surface area (Å²) in [6.07, 6.45) is 3.02. The first-order valence-electron chi connectivity index (χ1n) is 7.52. The van der Waals surface area contributed by atoms with Gasteiger partial charge in [-0.25, -0.2) is 4.98 Å². The van der Waals surface area contributed by atoms with Gasteiger partial charge in [0.2, 0.25) is 11.8 Å². The first-order valence-corrected chi connectivity index (χ1v) is 7.52. The summed E-state index contributed by atoms with van der Waals surface area (Å²) >= 11 is 0. The zero-order valence-electron chi connectivity index (χ0n) is 13.1. The zero-order chi connectivity index (χ0) is 16.2. The van der Waals surface area contributed by atoms with Crippen molar-refractivity contribution in [3.8, 4) is 0 Å². The van der Waals surface area contributed by atoms with Gasteiger partial charge in [-0.05, 0) is 31.5 Å². The quantitative estimate of drug-likeness (QED) is 0.740. The van der Waals surface area contributed by atoms with Gasteiger partial charge in [0.05, 0.1) is 6.04 Å². The van der Waals surface area contributed by atoms with Crippen molar-refractivity contribution in [3.63, 3.8) is 0 Å².